The van der Waals surface area contributed by atoms with Crippen LogP contribution in [0, 0.1) is 0 Å². The van der Waals surface area contributed by atoms with Crippen LogP contribution in [0.1, 0.15) is 12.1 Å². The van der Waals surface area contributed by atoms with Gasteiger partial charge in [-0.3, -0.25) is 4.99 Å². The molecule has 4 rings (SSSR count). The number of thiophene rings is 1. The average molecular weight is 544 g/mol. The van der Waals surface area contributed by atoms with Gasteiger partial charge in [-0.05, 0) is 36.1 Å². The Kier molecular flexibility index (Phi) is 7.79. The van der Waals surface area contributed by atoms with E-state index in [2.05, 4.69) is 31.6 Å². The van der Waals surface area contributed by atoms with E-state index in [1.165, 1.54) is 0 Å². The van der Waals surface area contributed by atoms with Gasteiger partial charge in [0.2, 0.25) is 5.89 Å². The molecule has 1 unspecified atom stereocenters. The average Bonchev–Trinajstić information content (AvgIpc) is 3.46. The van der Waals surface area contributed by atoms with Crippen LogP contribution in [0.2, 0.25) is 5.02 Å². The summed E-state index contributed by atoms with van der Waals surface area (Å²) in [6, 6.07) is 12.3. The van der Waals surface area contributed by atoms with Gasteiger partial charge in [0.25, 0.3) is 0 Å². The van der Waals surface area contributed by atoms with Crippen molar-refractivity contribution in [2.45, 2.75) is 19.0 Å². The summed E-state index contributed by atoms with van der Waals surface area (Å²) in [5.41, 5.74) is 2.00. The fourth-order valence-electron chi connectivity index (χ4n) is 3.25. The normalized spacial score (nSPS) is 16.6. The van der Waals surface area contributed by atoms with Crippen molar-refractivity contribution in [3.8, 4) is 10.8 Å². The zero-order valence-electron chi connectivity index (χ0n) is 16.0. The highest BCUT2D eigenvalue weighted by molar-refractivity contribution is 14.0. The monoisotopic (exact) mass is 543 g/mol. The van der Waals surface area contributed by atoms with Crippen LogP contribution in [0.25, 0.3) is 10.8 Å². The van der Waals surface area contributed by atoms with E-state index in [0.29, 0.717) is 18.5 Å². The van der Waals surface area contributed by atoms with Gasteiger partial charge < -0.3 is 20.0 Å². The highest BCUT2D eigenvalue weighted by Crippen LogP contribution is 2.24. The van der Waals surface area contributed by atoms with Crippen molar-refractivity contribution in [2.75, 3.05) is 25.0 Å². The minimum Gasteiger partial charge on any atom is -0.443 e. The Morgan fingerprint density at radius 3 is 3.03 bits per heavy atom. The minimum absolute atomic E-state index is 0. The van der Waals surface area contributed by atoms with Gasteiger partial charge in [0.05, 0.1) is 17.1 Å². The summed E-state index contributed by atoms with van der Waals surface area (Å²) in [5, 5.41) is 9.58. The Morgan fingerprint density at radius 1 is 1.38 bits per heavy atom. The fraction of sp³-hybridized carbons (Fsp3) is 0.300. The first-order chi connectivity index (χ1) is 13.7. The molecule has 0 aliphatic carbocycles. The first-order valence-electron chi connectivity index (χ1n) is 9.17. The molecule has 2 N–H and O–H groups in total. The van der Waals surface area contributed by atoms with Crippen LogP contribution in [0.4, 0.5) is 5.69 Å². The molecule has 0 amide bonds. The highest BCUT2D eigenvalue weighted by atomic mass is 127. The summed E-state index contributed by atoms with van der Waals surface area (Å²) in [6.45, 7) is 2.45. The van der Waals surface area contributed by atoms with Crippen molar-refractivity contribution in [3.63, 3.8) is 0 Å². The largest absolute Gasteiger partial charge is 0.443 e. The third kappa shape index (κ3) is 5.64. The van der Waals surface area contributed by atoms with Crippen LogP contribution in [0.15, 0.2) is 57.5 Å². The topological polar surface area (TPSA) is 65.7 Å². The van der Waals surface area contributed by atoms with E-state index in [9.17, 15) is 0 Å². The Balaban J connectivity index is 0.00000240. The lowest BCUT2D eigenvalue weighted by Crippen LogP contribution is -2.44. The van der Waals surface area contributed by atoms with Gasteiger partial charge in [0, 0.05) is 36.9 Å². The predicted octanol–water partition coefficient (Wildman–Crippen LogP) is 4.62. The molecule has 1 atom stereocenters. The number of nitrogens with zero attached hydrogens (tertiary/aromatic N) is 3. The number of halogens is 2. The summed E-state index contributed by atoms with van der Waals surface area (Å²) in [4.78, 5) is 12.2. The van der Waals surface area contributed by atoms with Gasteiger partial charge in [-0.25, -0.2) is 4.98 Å². The van der Waals surface area contributed by atoms with E-state index in [-0.39, 0.29) is 24.0 Å². The Morgan fingerprint density at radius 2 is 2.28 bits per heavy atom. The maximum Gasteiger partial charge on any atom is 0.236 e. The zero-order chi connectivity index (χ0) is 19.3. The van der Waals surface area contributed by atoms with Gasteiger partial charge >= 0.3 is 0 Å². The molecule has 29 heavy (non-hydrogen) atoms. The standard InChI is InChI=1S/C20H22ClN5OS.HI/c1-22-20(23-11-16-13-27-19(24-16)18-6-3-9-28-18)25-15-7-8-26(12-15)17-5-2-4-14(21)10-17;/h2-6,9-10,13,15H,7-8,11-12H2,1H3,(H2,22,23,25);1H. The van der Waals surface area contributed by atoms with E-state index in [4.69, 9.17) is 16.0 Å². The van der Waals surface area contributed by atoms with Gasteiger partial charge in [-0.2, -0.15) is 0 Å². The maximum absolute atomic E-state index is 6.12. The Hall–Kier alpha value is -1.78. The number of hydrogen-bond acceptors (Lipinski definition) is 5. The smallest absolute Gasteiger partial charge is 0.236 e. The van der Waals surface area contributed by atoms with Gasteiger partial charge in [0.1, 0.15) is 6.26 Å². The number of anilines is 1. The second kappa shape index (κ2) is 10.3. The van der Waals surface area contributed by atoms with Crippen LogP contribution in [-0.2, 0) is 6.54 Å². The molecule has 0 spiro atoms. The Labute approximate surface area is 196 Å². The van der Waals surface area contributed by atoms with Crippen molar-refractivity contribution >= 4 is 58.6 Å². The molecule has 1 aliphatic rings. The van der Waals surface area contributed by atoms with E-state index >= 15 is 0 Å². The van der Waals surface area contributed by atoms with E-state index in [0.717, 1.165) is 46.8 Å². The third-order valence-corrected chi connectivity index (χ3v) is 5.74. The number of guanidine groups is 1. The summed E-state index contributed by atoms with van der Waals surface area (Å²) in [5.74, 6) is 1.42. The molecule has 1 aromatic carbocycles. The molecule has 1 fully saturated rings. The van der Waals surface area contributed by atoms with Crippen LogP contribution in [0.3, 0.4) is 0 Å². The van der Waals surface area contributed by atoms with Crippen LogP contribution in [-0.4, -0.2) is 37.1 Å². The number of aromatic nitrogens is 1. The number of oxazole rings is 1. The summed E-state index contributed by atoms with van der Waals surface area (Å²) in [7, 11) is 1.78. The summed E-state index contributed by atoms with van der Waals surface area (Å²) >= 11 is 7.73. The molecule has 154 valence electrons. The Bertz CT molecular complexity index is 946. The maximum atomic E-state index is 6.12. The van der Waals surface area contributed by atoms with E-state index < -0.39 is 0 Å². The summed E-state index contributed by atoms with van der Waals surface area (Å²) in [6.07, 6.45) is 2.73. The number of nitrogens with one attached hydrogen (secondary N) is 2. The van der Waals surface area contributed by atoms with Crippen molar-refractivity contribution in [3.05, 3.63) is 58.8 Å². The predicted molar refractivity (Wildman–Crippen MR) is 131 cm³/mol. The SMILES string of the molecule is CN=C(NCc1coc(-c2cccs2)n1)NC1CCN(c2cccc(Cl)c2)C1.I. The molecule has 1 aliphatic heterocycles. The third-order valence-electron chi connectivity index (χ3n) is 4.65. The molecule has 0 bridgehead atoms. The molecule has 0 radical (unpaired) electrons. The molecule has 2 aromatic heterocycles. The van der Waals surface area contributed by atoms with E-state index in [1.807, 2.05) is 35.7 Å². The fourth-order valence-corrected chi connectivity index (χ4v) is 4.09. The van der Waals surface area contributed by atoms with Crippen molar-refractivity contribution in [2.24, 2.45) is 4.99 Å². The first-order valence-corrected chi connectivity index (χ1v) is 10.4. The molecule has 9 heteroatoms. The number of rotatable bonds is 5. The number of aliphatic imine (C=N–C) groups is 1. The van der Waals surface area contributed by atoms with Crippen LogP contribution in [0.5, 0.6) is 0 Å². The number of hydrogen-bond donors (Lipinski definition) is 2. The molecule has 3 aromatic rings. The first kappa shape index (κ1) is 21.9. The van der Waals surface area contributed by atoms with Crippen molar-refractivity contribution in [1.82, 2.24) is 15.6 Å². The quantitative estimate of drug-likeness (QED) is 0.279. The molecule has 1 saturated heterocycles. The van der Waals surface area contributed by atoms with Gasteiger partial charge in [-0.15, -0.1) is 35.3 Å². The highest BCUT2D eigenvalue weighted by Gasteiger charge is 2.23. The van der Waals surface area contributed by atoms with Gasteiger partial charge in [0.15, 0.2) is 5.96 Å². The van der Waals surface area contributed by atoms with Crippen LogP contribution < -0.4 is 15.5 Å². The molecular weight excluding hydrogens is 521 g/mol. The van der Waals surface area contributed by atoms with Crippen molar-refractivity contribution in [1.29, 1.82) is 0 Å². The molecule has 3 heterocycles. The second-order valence-electron chi connectivity index (χ2n) is 6.60. The molecule has 6 nitrogen and oxygen atoms in total. The van der Waals surface area contributed by atoms with Crippen LogP contribution >= 0.6 is 46.9 Å². The zero-order valence-corrected chi connectivity index (χ0v) is 19.9. The lowest BCUT2D eigenvalue weighted by atomic mass is 10.2. The number of benzene rings is 1. The second-order valence-corrected chi connectivity index (χ2v) is 7.99. The minimum atomic E-state index is 0. The van der Waals surface area contributed by atoms with Gasteiger partial charge in [-0.1, -0.05) is 23.7 Å². The lowest BCUT2D eigenvalue weighted by molar-refractivity contribution is 0.573. The van der Waals surface area contributed by atoms with E-state index in [1.54, 1.807) is 24.6 Å². The van der Waals surface area contributed by atoms with Crippen molar-refractivity contribution < 1.29 is 4.42 Å². The molecular formula is C20H23ClIN5OS. The summed E-state index contributed by atoms with van der Waals surface area (Å²) < 4.78 is 5.56. The lowest BCUT2D eigenvalue weighted by Gasteiger charge is -2.20. The molecule has 0 saturated carbocycles.